The van der Waals surface area contributed by atoms with Crippen LogP contribution in [-0.4, -0.2) is 19.9 Å². The number of aromatic nitrogens is 4. The fraction of sp³-hybridized carbons (Fsp3) is 0. The standard InChI is InChI=1S/C42H28Br2N4O/c43-33-19-11-31(12-20-33)41-45-37(27-7-3-1-4-8-27)39(47-41)29-15-23-35(24-16-29)49-36-25-17-30(18-26-36)40-38(28-9-5-2-6-10-28)46-42(48-40)32-13-21-34(44)22-14-32/h1-26H,(H,45,47)(H,46,48). The van der Waals surface area contributed by atoms with Crippen LogP contribution >= 0.6 is 31.9 Å². The Morgan fingerprint density at radius 3 is 1.08 bits per heavy atom. The van der Waals surface area contributed by atoms with E-state index in [1.165, 1.54) is 0 Å². The van der Waals surface area contributed by atoms with Crippen LogP contribution in [0.15, 0.2) is 167 Å². The van der Waals surface area contributed by atoms with E-state index in [1.807, 2.05) is 84.9 Å². The highest BCUT2D eigenvalue weighted by atomic mass is 79.9. The largest absolute Gasteiger partial charge is 0.457 e. The molecular weight excluding hydrogens is 736 g/mol. The van der Waals surface area contributed by atoms with Gasteiger partial charge in [-0.2, -0.15) is 0 Å². The second kappa shape index (κ2) is 13.5. The van der Waals surface area contributed by atoms with Crippen LogP contribution in [0.2, 0.25) is 0 Å². The molecule has 49 heavy (non-hydrogen) atoms. The van der Waals surface area contributed by atoms with Gasteiger partial charge in [-0.15, -0.1) is 0 Å². The minimum atomic E-state index is 0.740. The third-order valence-electron chi connectivity index (χ3n) is 8.26. The topological polar surface area (TPSA) is 66.6 Å². The van der Waals surface area contributed by atoms with Crippen molar-refractivity contribution >= 4 is 31.9 Å². The SMILES string of the molecule is Brc1ccc(-c2nc(-c3ccc(Oc4ccc(-c5nc(-c6ccc(Br)cc6)[nH]c5-c5ccccc5)cc4)cc3)c(-c3ccccc3)[nH]2)cc1. The lowest BCUT2D eigenvalue weighted by atomic mass is 10.0. The van der Waals surface area contributed by atoms with Crippen molar-refractivity contribution < 1.29 is 4.74 Å². The van der Waals surface area contributed by atoms with E-state index in [1.54, 1.807) is 0 Å². The molecule has 0 atom stereocenters. The average molecular weight is 765 g/mol. The number of halogens is 2. The minimum absolute atomic E-state index is 0.740. The Kier molecular flexibility index (Phi) is 8.52. The van der Waals surface area contributed by atoms with E-state index in [4.69, 9.17) is 14.7 Å². The molecular formula is C42H28Br2N4O. The number of aromatic amines is 2. The summed E-state index contributed by atoms with van der Waals surface area (Å²) in [7, 11) is 0. The van der Waals surface area contributed by atoms with Gasteiger partial charge in [-0.25, -0.2) is 9.97 Å². The van der Waals surface area contributed by atoms with Crippen LogP contribution in [0.4, 0.5) is 0 Å². The highest BCUT2D eigenvalue weighted by Crippen LogP contribution is 2.37. The first kappa shape index (κ1) is 30.8. The summed E-state index contributed by atoms with van der Waals surface area (Å²) in [5.74, 6) is 3.11. The lowest BCUT2D eigenvalue weighted by molar-refractivity contribution is 0.483. The maximum Gasteiger partial charge on any atom is 0.138 e. The third kappa shape index (κ3) is 6.64. The molecule has 0 amide bonds. The molecule has 0 fully saturated rings. The van der Waals surface area contributed by atoms with Gasteiger partial charge < -0.3 is 14.7 Å². The predicted molar refractivity (Wildman–Crippen MR) is 205 cm³/mol. The number of nitrogens with zero attached hydrogens (tertiary/aromatic N) is 2. The number of imidazole rings is 2. The smallest absolute Gasteiger partial charge is 0.138 e. The maximum absolute atomic E-state index is 6.30. The third-order valence-corrected chi connectivity index (χ3v) is 9.32. The minimum Gasteiger partial charge on any atom is -0.457 e. The first-order valence-corrected chi connectivity index (χ1v) is 17.4. The van der Waals surface area contributed by atoms with Gasteiger partial charge in [0, 0.05) is 42.3 Å². The molecule has 0 aliphatic heterocycles. The fourth-order valence-corrected chi connectivity index (χ4v) is 6.31. The van der Waals surface area contributed by atoms with Crippen molar-refractivity contribution in [2.24, 2.45) is 0 Å². The number of nitrogens with one attached hydrogen (secondary N) is 2. The van der Waals surface area contributed by atoms with Gasteiger partial charge in [-0.3, -0.25) is 0 Å². The number of ether oxygens (including phenoxy) is 1. The highest BCUT2D eigenvalue weighted by molar-refractivity contribution is 9.10. The van der Waals surface area contributed by atoms with Crippen molar-refractivity contribution in [1.82, 2.24) is 19.9 Å². The first-order chi connectivity index (χ1) is 24.1. The van der Waals surface area contributed by atoms with Crippen molar-refractivity contribution in [3.05, 3.63) is 167 Å². The van der Waals surface area contributed by atoms with E-state index in [9.17, 15) is 0 Å². The van der Waals surface area contributed by atoms with Crippen molar-refractivity contribution in [3.8, 4) is 79.3 Å². The molecule has 0 aliphatic rings. The second-order valence-corrected chi connectivity index (χ2v) is 13.3. The Bertz CT molecular complexity index is 2160. The monoisotopic (exact) mass is 762 g/mol. The molecule has 8 rings (SSSR count). The lowest BCUT2D eigenvalue weighted by Gasteiger charge is -2.09. The molecule has 2 N–H and O–H groups in total. The van der Waals surface area contributed by atoms with Gasteiger partial charge in [0.15, 0.2) is 0 Å². The normalized spacial score (nSPS) is 11.1. The van der Waals surface area contributed by atoms with Crippen LogP contribution in [0.1, 0.15) is 0 Å². The number of H-pyrrole nitrogens is 2. The Labute approximate surface area is 301 Å². The zero-order valence-corrected chi connectivity index (χ0v) is 29.2. The molecule has 2 aromatic heterocycles. The summed E-state index contributed by atoms with van der Waals surface area (Å²) in [5.41, 5.74) is 9.89. The summed E-state index contributed by atoms with van der Waals surface area (Å²) in [6.07, 6.45) is 0. The molecule has 236 valence electrons. The highest BCUT2D eigenvalue weighted by Gasteiger charge is 2.17. The van der Waals surface area contributed by atoms with E-state index < -0.39 is 0 Å². The van der Waals surface area contributed by atoms with Crippen LogP contribution in [0.25, 0.3) is 67.8 Å². The molecule has 5 nitrogen and oxygen atoms in total. The second-order valence-electron chi connectivity index (χ2n) is 11.5. The van der Waals surface area contributed by atoms with Crippen molar-refractivity contribution in [3.63, 3.8) is 0 Å². The van der Waals surface area contributed by atoms with E-state index in [0.29, 0.717) is 0 Å². The first-order valence-electron chi connectivity index (χ1n) is 15.8. The van der Waals surface area contributed by atoms with E-state index >= 15 is 0 Å². The molecule has 8 aromatic rings. The summed E-state index contributed by atoms with van der Waals surface area (Å²) in [6, 6.07) is 53.0. The molecule has 0 bridgehead atoms. The summed E-state index contributed by atoms with van der Waals surface area (Å²) >= 11 is 7.06. The van der Waals surface area contributed by atoms with Crippen molar-refractivity contribution in [2.75, 3.05) is 0 Å². The number of hydrogen-bond acceptors (Lipinski definition) is 3. The van der Waals surface area contributed by atoms with E-state index in [2.05, 4.69) is 115 Å². The van der Waals surface area contributed by atoms with Gasteiger partial charge in [-0.05, 0) is 72.8 Å². The van der Waals surface area contributed by atoms with Crippen LogP contribution in [0.3, 0.4) is 0 Å². The maximum atomic E-state index is 6.30. The number of rotatable bonds is 8. The zero-order chi connectivity index (χ0) is 33.2. The Balaban J connectivity index is 1.06. The lowest BCUT2D eigenvalue weighted by Crippen LogP contribution is -1.88. The Morgan fingerprint density at radius 2 is 0.714 bits per heavy atom. The molecule has 6 aromatic carbocycles. The average Bonchev–Trinajstić information content (AvgIpc) is 3.80. The summed E-state index contributed by atoms with van der Waals surface area (Å²) < 4.78 is 8.35. The molecule has 7 heteroatoms. The molecule has 0 spiro atoms. The zero-order valence-electron chi connectivity index (χ0n) is 26.1. The van der Waals surface area contributed by atoms with E-state index in [0.717, 1.165) is 88.2 Å². The van der Waals surface area contributed by atoms with Crippen LogP contribution < -0.4 is 4.74 Å². The molecule has 0 unspecified atom stereocenters. The Morgan fingerprint density at radius 1 is 0.367 bits per heavy atom. The van der Waals surface area contributed by atoms with Crippen LogP contribution in [-0.2, 0) is 0 Å². The summed E-state index contributed by atoms with van der Waals surface area (Å²) in [4.78, 5) is 17.2. The predicted octanol–water partition coefficient (Wildman–Crippen LogP) is 12.5. The molecule has 0 aliphatic carbocycles. The number of hydrogen-bond donors (Lipinski definition) is 2. The van der Waals surface area contributed by atoms with Gasteiger partial charge in [-0.1, -0.05) is 117 Å². The number of benzene rings is 6. The van der Waals surface area contributed by atoms with Gasteiger partial charge in [0.25, 0.3) is 0 Å². The van der Waals surface area contributed by atoms with E-state index in [-0.39, 0.29) is 0 Å². The van der Waals surface area contributed by atoms with Crippen molar-refractivity contribution in [2.45, 2.75) is 0 Å². The molecule has 0 saturated carbocycles. The van der Waals surface area contributed by atoms with Gasteiger partial charge in [0.2, 0.25) is 0 Å². The Hall–Kier alpha value is -5.50. The van der Waals surface area contributed by atoms with Gasteiger partial charge in [0.1, 0.15) is 23.1 Å². The fourth-order valence-electron chi connectivity index (χ4n) is 5.78. The van der Waals surface area contributed by atoms with Crippen LogP contribution in [0, 0.1) is 0 Å². The van der Waals surface area contributed by atoms with Crippen molar-refractivity contribution in [1.29, 1.82) is 0 Å². The quantitative estimate of drug-likeness (QED) is 0.162. The van der Waals surface area contributed by atoms with Gasteiger partial charge in [0.05, 0.1) is 22.8 Å². The summed E-state index contributed by atoms with van der Waals surface area (Å²) in [6.45, 7) is 0. The van der Waals surface area contributed by atoms with Gasteiger partial charge >= 0.3 is 0 Å². The molecule has 0 saturated heterocycles. The molecule has 2 heterocycles. The molecule has 0 radical (unpaired) electrons. The van der Waals surface area contributed by atoms with Crippen LogP contribution in [0.5, 0.6) is 11.5 Å². The summed E-state index contributed by atoms with van der Waals surface area (Å²) in [5, 5.41) is 0.